The number of ether oxygens (including phenoxy) is 1. The van der Waals surface area contributed by atoms with E-state index in [0.29, 0.717) is 36.5 Å². The third-order valence-electron chi connectivity index (χ3n) is 7.14. The summed E-state index contributed by atoms with van der Waals surface area (Å²) in [5, 5.41) is 14.3. The molecule has 2 aromatic carbocycles. The van der Waals surface area contributed by atoms with E-state index in [1.807, 2.05) is 66.9 Å². The second kappa shape index (κ2) is 12.3. The van der Waals surface area contributed by atoms with Gasteiger partial charge in [-0.05, 0) is 39.5 Å². The molecule has 3 aromatic heterocycles. The summed E-state index contributed by atoms with van der Waals surface area (Å²) in [5.41, 5.74) is 3.32. The summed E-state index contributed by atoms with van der Waals surface area (Å²) in [6.07, 6.45) is 2.47. The van der Waals surface area contributed by atoms with Crippen molar-refractivity contribution in [2.24, 2.45) is 5.92 Å². The van der Waals surface area contributed by atoms with E-state index >= 15 is 0 Å². The summed E-state index contributed by atoms with van der Waals surface area (Å²) < 4.78 is 9.13. The van der Waals surface area contributed by atoms with Crippen molar-refractivity contribution < 1.29 is 9.53 Å². The van der Waals surface area contributed by atoms with E-state index in [-0.39, 0.29) is 5.92 Å². The lowest BCUT2D eigenvalue weighted by atomic mass is 9.98. The summed E-state index contributed by atoms with van der Waals surface area (Å²) in [4.78, 5) is 44.2. The predicted octanol–water partition coefficient (Wildman–Crippen LogP) is 3.43. The van der Waals surface area contributed by atoms with E-state index in [0.717, 1.165) is 45.5 Å². The maximum Gasteiger partial charge on any atom is 0.333 e. The fourth-order valence-corrected chi connectivity index (χ4v) is 5.08. The van der Waals surface area contributed by atoms with Crippen molar-refractivity contribution in [1.29, 1.82) is 0 Å². The van der Waals surface area contributed by atoms with E-state index < -0.39 is 23.8 Å². The highest BCUT2D eigenvalue weighted by Gasteiger charge is 2.23. The van der Waals surface area contributed by atoms with Crippen molar-refractivity contribution >= 4 is 17.1 Å². The SMILES string of the molecule is CCCCc1nc2c(c(=O)n(CC(=O)OC)c(=O)n2CC(C)C)n1Cc1ccc(-c2ccccc2-c2nnn[nH]2)cc1. The Morgan fingerprint density at radius 3 is 2.38 bits per heavy atom. The number of aryl methyl sites for hydroxylation is 1. The zero-order valence-electron chi connectivity index (χ0n) is 24.2. The number of tetrazole rings is 1. The maximum absolute atomic E-state index is 13.8. The Labute approximate surface area is 242 Å². The number of nitrogens with one attached hydrogen (secondary N) is 1. The quantitative estimate of drug-likeness (QED) is 0.238. The number of rotatable bonds is 11. The van der Waals surface area contributed by atoms with Crippen molar-refractivity contribution in [3.8, 4) is 22.5 Å². The summed E-state index contributed by atoms with van der Waals surface area (Å²) in [6.45, 7) is 6.33. The Morgan fingerprint density at radius 1 is 1.00 bits per heavy atom. The number of hydrogen-bond acceptors (Lipinski definition) is 8. The van der Waals surface area contributed by atoms with Gasteiger partial charge in [0.15, 0.2) is 17.0 Å². The molecule has 0 amide bonds. The third-order valence-corrected chi connectivity index (χ3v) is 7.14. The number of benzene rings is 2. The number of methoxy groups -OCH3 is 1. The molecule has 42 heavy (non-hydrogen) atoms. The molecule has 5 aromatic rings. The van der Waals surface area contributed by atoms with Gasteiger partial charge in [-0.2, -0.15) is 0 Å². The molecule has 0 radical (unpaired) electrons. The third kappa shape index (κ3) is 5.65. The molecule has 0 aliphatic rings. The fourth-order valence-electron chi connectivity index (χ4n) is 5.08. The number of hydrogen-bond donors (Lipinski definition) is 1. The van der Waals surface area contributed by atoms with Gasteiger partial charge in [0.25, 0.3) is 5.56 Å². The van der Waals surface area contributed by atoms with Crippen LogP contribution in [0.1, 0.15) is 45.0 Å². The van der Waals surface area contributed by atoms with Crippen LogP contribution in [-0.2, 0) is 35.6 Å². The van der Waals surface area contributed by atoms with Gasteiger partial charge in [0.05, 0.1) is 7.11 Å². The molecule has 12 heteroatoms. The molecule has 12 nitrogen and oxygen atoms in total. The molecule has 0 aliphatic heterocycles. The van der Waals surface area contributed by atoms with Crippen LogP contribution in [-0.4, -0.2) is 52.4 Å². The van der Waals surface area contributed by atoms with Crippen molar-refractivity contribution in [3.05, 3.63) is 80.8 Å². The Balaban J connectivity index is 1.61. The van der Waals surface area contributed by atoms with E-state index in [2.05, 4.69) is 27.5 Å². The topological polar surface area (TPSA) is 143 Å². The lowest BCUT2D eigenvalue weighted by Crippen LogP contribution is -2.43. The number of aromatic nitrogens is 8. The number of esters is 1. The number of carbonyl (C=O) groups excluding carboxylic acids is 1. The lowest BCUT2D eigenvalue weighted by Gasteiger charge is -2.14. The summed E-state index contributed by atoms with van der Waals surface area (Å²) >= 11 is 0. The number of nitrogens with zero attached hydrogens (tertiary/aromatic N) is 7. The second-order valence-electron chi connectivity index (χ2n) is 10.6. The molecule has 3 heterocycles. The predicted molar refractivity (Wildman–Crippen MR) is 158 cm³/mol. The van der Waals surface area contributed by atoms with Gasteiger partial charge in [0.2, 0.25) is 0 Å². The zero-order chi connectivity index (χ0) is 29.8. The van der Waals surface area contributed by atoms with Crippen molar-refractivity contribution in [1.82, 2.24) is 39.3 Å². The first-order valence-electron chi connectivity index (χ1n) is 14.0. The summed E-state index contributed by atoms with van der Waals surface area (Å²) in [6, 6.07) is 15.9. The first-order chi connectivity index (χ1) is 20.3. The largest absolute Gasteiger partial charge is 0.468 e. The standard InChI is InChI=1S/C30H34N8O4/c1-5-6-11-24-31-28-26(29(40)38(18-25(39)42-4)30(41)37(28)16-19(2)3)36(24)17-20-12-14-21(15-13-20)22-9-7-8-10-23(22)27-32-34-35-33-27/h7-10,12-15,19H,5-6,11,16-18H2,1-4H3,(H,32,33,34,35). The lowest BCUT2D eigenvalue weighted by molar-refractivity contribution is -0.141. The second-order valence-corrected chi connectivity index (χ2v) is 10.6. The Hall–Kier alpha value is -4.87. The number of unbranched alkanes of at least 4 members (excludes halogenated alkanes) is 1. The number of carbonyl (C=O) groups is 1. The van der Waals surface area contributed by atoms with Gasteiger partial charge in [-0.15, -0.1) is 5.10 Å². The normalized spacial score (nSPS) is 11.5. The van der Waals surface area contributed by atoms with Crippen molar-refractivity contribution in [3.63, 3.8) is 0 Å². The van der Waals surface area contributed by atoms with Crippen LogP contribution in [0.3, 0.4) is 0 Å². The Morgan fingerprint density at radius 2 is 1.74 bits per heavy atom. The van der Waals surface area contributed by atoms with Gasteiger partial charge in [0.1, 0.15) is 12.4 Å². The van der Waals surface area contributed by atoms with Crippen LogP contribution in [0.5, 0.6) is 0 Å². The molecule has 0 saturated carbocycles. The molecule has 0 fully saturated rings. The van der Waals surface area contributed by atoms with Crippen LogP contribution in [0, 0.1) is 5.92 Å². The van der Waals surface area contributed by atoms with Gasteiger partial charge in [-0.25, -0.2) is 19.4 Å². The van der Waals surface area contributed by atoms with Gasteiger partial charge < -0.3 is 9.30 Å². The van der Waals surface area contributed by atoms with Gasteiger partial charge in [-0.1, -0.05) is 75.7 Å². The highest BCUT2D eigenvalue weighted by atomic mass is 16.5. The molecule has 0 bridgehead atoms. The molecular weight excluding hydrogens is 536 g/mol. The molecule has 0 spiro atoms. The van der Waals surface area contributed by atoms with Crippen LogP contribution >= 0.6 is 0 Å². The first kappa shape index (κ1) is 28.7. The van der Waals surface area contributed by atoms with E-state index in [1.165, 1.54) is 11.7 Å². The number of imidazole rings is 1. The Bertz CT molecular complexity index is 1820. The molecule has 5 rings (SSSR count). The van der Waals surface area contributed by atoms with Crippen molar-refractivity contribution in [2.75, 3.05) is 7.11 Å². The highest BCUT2D eigenvalue weighted by molar-refractivity contribution is 5.80. The van der Waals surface area contributed by atoms with Gasteiger partial charge in [-0.3, -0.25) is 14.2 Å². The van der Waals surface area contributed by atoms with E-state index in [4.69, 9.17) is 9.72 Å². The van der Waals surface area contributed by atoms with Crippen LogP contribution in [0.4, 0.5) is 0 Å². The fraction of sp³-hybridized carbons (Fsp3) is 0.367. The first-order valence-corrected chi connectivity index (χ1v) is 14.0. The van der Waals surface area contributed by atoms with Crippen LogP contribution in [0.15, 0.2) is 58.1 Å². The molecule has 1 N–H and O–H groups in total. The average Bonchev–Trinajstić information content (AvgIpc) is 3.65. The average molecular weight is 571 g/mol. The van der Waals surface area contributed by atoms with E-state index in [9.17, 15) is 14.4 Å². The molecule has 0 atom stereocenters. The molecular formula is C30H34N8O4. The minimum Gasteiger partial charge on any atom is -0.468 e. The minimum atomic E-state index is -0.668. The zero-order valence-corrected chi connectivity index (χ0v) is 24.2. The maximum atomic E-state index is 13.8. The summed E-state index contributed by atoms with van der Waals surface area (Å²) in [5.74, 6) is 0.751. The van der Waals surface area contributed by atoms with Crippen LogP contribution in [0.25, 0.3) is 33.7 Å². The van der Waals surface area contributed by atoms with Gasteiger partial charge >= 0.3 is 11.7 Å². The highest BCUT2D eigenvalue weighted by Crippen LogP contribution is 2.30. The van der Waals surface area contributed by atoms with E-state index in [1.54, 1.807) is 0 Å². The Kier molecular flexibility index (Phi) is 8.41. The number of H-pyrrole nitrogens is 1. The summed E-state index contributed by atoms with van der Waals surface area (Å²) in [7, 11) is 1.23. The van der Waals surface area contributed by atoms with Gasteiger partial charge in [0, 0.05) is 25.1 Å². The van der Waals surface area contributed by atoms with Crippen LogP contribution < -0.4 is 11.2 Å². The smallest absolute Gasteiger partial charge is 0.333 e. The molecule has 0 saturated heterocycles. The van der Waals surface area contributed by atoms with Crippen LogP contribution in [0.2, 0.25) is 0 Å². The number of fused-ring (bicyclic) bond motifs is 1. The molecule has 0 unspecified atom stereocenters. The monoisotopic (exact) mass is 570 g/mol. The molecule has 218 valence electrons. The van der Waals surface area contributed by atoms with Crippen molar-refractivity contribution in [2.45, 2.75) is 59.7 Å². The number of aromatic amines is 1. The molecule has 0 aliphatic carbocycles. The minimum absolute atomic E-state index is 0.113.